The second-order valence-electron chi connectivity index (χ2n) is 4.74. The zero-order valence-electron chi connectivity index (χ0n) is 9.94. The minimum Gasteiger partial charge on any atom is -0.365 e. The second-order valence-corrected chi connectivity index (χ2v) is 4.74. The number of rotatable bonds is 5. The van der Waals surface area contributed by atoms with Crippen molar-refractivity contribution in [3.8, 4) is 0 Å². The van der Waals surface area contributed by atoms with Gasteiger partial charge in [-0.15, -0.1) is 0 Å². The smallest absolute Gasteiger partial charge is 0.293 e. The molecule has 0 radical (unpaired) electrons. The Morgan fingerprint density at radius 2 is 2.31 bits per heavy atom. The van der Waals surface area contributed by atoms with Crippen LogP contribution in [0, 0.1) is 5.92 Å². The third kappa shape index (κ3) is 2.62. The number of hydrogen-bond acceptors (Lipinski definition) is 3. The summed E-state index contributed by atoms with van der Waals surface area (Å²) in [5.41, 5.74) is -0.0201. The Morgan fingerprint density at radius 1 is 1.56 bits per heavy atom. The number of aromatic nitrogens is 2. The van der Waals surface area contributed by atoms with Gasteiger partial charge in [-0.05, 0) is 26.2 Å². The van der Waals surface area contributed by atoms with Crippen LogP contribution in [0.1, 0.15) is 39.2 Å². The van der Waals surface area contributed by atoms with Crippen LogP contribution in [0.3, 0.4) is 0 Å². The van der Waals surface area contributed by atoms with Crippen LogP contribution >= 0.6 is 0 Å². The Kier molecular flexibility index (Phi) is 3.27. The van der Waals surface area contributed by atoms with Gasteiger partial charge in [-0.3, -0.25) is 4.79 Å². The molecule has 1 aromatic rings. The molecule has 0 spiro atoms. The quantitative estimate of drug-likeness (QED) is 0.827. The number of hydrogen-bond donors (Lipinski definition) is 1. The van der Waals surface area contributed by atoms with Crippen molar-refractivity contribution in [2.75, 3.05) is 11.9 Å². The normalized spacial score (nSPS) is 15.4. The summed E-state index contributed by atoms with van der Waals surface area (Å²) < 4.78 is 1.70. The first-order valence-electron chi connectivity index (χ1n) is 5.99. The van der Waals surface area contributed by atoms with E-state index in [4.69, 9.17) is 0 Å². The van der Waals surface area contributed by atoms with Crippen molar-refractivity contribution in [3.05, 3.63) is 22.7 Å². The molecule has 4 heteroatoms. The molecule has 0 aliphatic heterocycles. The molecule has 1 fully saturated rings. The molecule has 1 N–H and O–H groups in total. The van der Waals surface area contributed by atoms with Crippen molar-refractivity contribution in [1.82, 2.24) is 9.55 Å². The summed E-state index contributed by atoms with van der Waals surface area (Å²) in [5.74, 6) is 1.36. The van der Waals surface area contributed by atoms with E-state index in [0.717, 1.165) is 18.9 Å². The molecule has 2 rings (SSSR count). The fourth-order valence-corrected chi connectivity index (χ4v) is 1.75. The summed E-state index contributed by atoms with van der Waals surface area (Å²) in [4.78, 5) is 16.0. The summed E-state index contributed by atoms with van der Waals surface area (Å²) in [6.07, 6.45) is 7.26. The highest BCUT2D eigenvalue weighted by Gasteiger charge is 2.20. The monoisotopic (exact) mass is 221 g/mol. The molecule has 0 aromatic carbocycles. The zero-order chi connectivity index (χ0) is 11.5. The Labute approximate surface area is 95.7 Å². The summed E-state index contributed by atoms with van der Waals surface area (Å²) in [5, 5.41) is 3.14. The first-order chi connectivity index (χ1) is 7.68. The lowest BCUT2D eigenvalue weighted by Gasteiger charge is -2.11. The molecule has 4 nitrogen and oxygen atoms in total. The van der Waals surface area contributed by atoms with E-state index in [9.17, 15) is 4.79 Å². The fourth-order valence-electron chi connectivity index (χ4n) is 1.75. The third-order valence-corrected chi connectivity index (χ3v) is 2.97. The predicted octanol–water partition coefficient (Wildman–Crippen LogP) is 2.04. The molecule has 1 aliphatic carbocycles. The maximum Gasteiger partial charge on any atom is 0.293 e. The van der Waals surface area contributed by atoms with Crippen molar-refractivity contribution >= 4 is 5.82 Å². The molecule has 88 valence electrons. The lowest BCUT2D eigenvalue weighted by molar-refractivity contribution is 0.575. The van der Waals surface area contributed by atoms with Crippen LogP contribution in [0.4, 0.5) is 5.82 Å². The van der Waals surface area contributed by atoms with Gasteiger partial charge in [0, 0.05) is 25.0 Å². The van der Waals surface area contributed by atoms with Crippen LogP contribution in [-0.2, 0) is 0 Å². The van der Waals surface area contributed by atoms with Crippen molar-refractivity contribution in [2.45, 2.75) is 39.2 Å². The Balaban J connectivity index is 2.01. The van der Waals surface area contributed by atoms with Crippen LogP contribution < -0.4 is 10.9 Å². The van der Waals surface area contributed by atoms with Gasteiger partial charge < -0.3 is 9.88 Å². The van der Waals surface area contributed by atoms with Crippen LogP contribution in [0.2, 0.25) is 0 Å². The third-order valence-electron chi connectivity index (χ3n) is 2.97. The SMILES string of the molecule is CC(C)n1ccnc(NCCC2CC2)c1=O. The second kappa shape index (κ2) is 4.68. The van der Waals surface area contributed by atoms with E-state index in [1.165, 1.54) is 12.8 Å². The van der Waals surface area contributed by atoms with E-state index in [0.29, 0.717) is 5.82 Å². The molecule has 1 aliphatic rings. The molecule has 1 aromatic heterocycles. The van der Waals surface area contributed by atoms with E-state index in [1.54, 1.807) is 17.0 Å². The standard InChI is InChI=1S/C12H19N3O/c1-9(2)15-8-7-14-11(12(15)16)13-6-5-10-3-4-10/h7-10H,3-6H2,1-2H3,(H,13,14). The van der Waals surface area contributed by atoms with E-state index in [-0.39, 0.29) is 11.6 Å². The molecule has 0 amide bonds. The molecule has 0 saturated heterocycles. The van der Waals surface area contributed by atoms with Gasteiger partial charge in [-0.25, -0.2) is 4.98 Å². The summed E-state index contributed by atoms with van der Waals surface area (Å²) in [6, 6.07) is 0.180. The first kappa shape index (κ1) is 11.2. The van der Waals surface area contributed by atoms with Crippen LogP contribution in [0.15, 0.2) is 17.2 Å². The lowest BCUT2D eigenvalue weighted by atomic mass is 10.3. The number of nitrogens with one attached hydrogen (secondary N) is 1. The Hall–Kier alpha value is -1.32. The largest absolute Gasteiger partial charge is 0.365 e. The molecule has 1 saturated carbocycles. The van der Waals surface area contributed by atoms with E-state index < -0.39 is 0 Å². The maximum absolute atomic E-state index is 11.9. The van der Waals surface area contributed by atoms with Crippen LogP contribution in [-0.4, -0.2) is 16.1 Å². The van der Waals surface area contributed by atoms with Crippen molar-refractivity contribution in [3.63, 3.8) is 0 Å². The minimum atomic E-state index is -0.0201. The fraction of sp³-hybridized carbons (Fsp3) is 0.667. The molecule has 0 unspecified atom stereocenters. The average molecular weight is 221 g/mol. The van der Waals surface area contributed by atoms with Crippen molar-refractivity contribution in [1.29, 1.82) is 0 Å². The van der Waals surface area contributed by atoms with Gasteiger partial charge in [0.25, 0.3) is 5.56 Å². The van der Waals surface area contributed by atoms with Crippen molar-refractivity contribution < 1.29 is 0 Å². The first-order valence-corrected chi connectivity index (χ1v) is 5.99. The maximum atomic E-state index is 11.9. The van der Waals surface area contributed by atoms with E-state index in [2.05, 4.69) is 10.3 Å². The van der Waals surface area contributed by atoms with Crippen LogP contribution in [0.5, 0.6) is 0 Å². The highest BCUT2D eigenvalue weighted by Crippen LogP contribution is 2.31. The van der Waals surface area contributed by atoms with E-state index in [1.807, 2.05) is 13.8 Å². The van der Waals surface area contributed by atoms with Gasteiger partial charge >= 0.3 is 0 Å². The van der Waals surface area contributed by atoms with Gasteiger partial charge in [-0.1, -0.05) is 12.8 Å². The molecule has 1 heterocycles. The molecule has 16 heavy (non-hydrogen) atoms. The van der Waals surface area contributed by atoms with Gasteiger partial charge in [0.05, 0.1) is 0 Å². The Bertz CT molecular complexity index is 407. The molecule has 0 atom stereocenters. The molecular formula is C12H19N3O. The van der Waals surface area contributed by atoms with Gasteiger partial charge in [-0.2, -0.15) is 0 Å². The van der Waals surface area contributed by atoms with Gasteiger partial charge in [0.2, 0.25) is 0 Å². The van der Waals surface area contributed by atoms with Gasteiger partial charge in [0.15, 0.2) is 5.82 Å². The van der Waals surface area contributed by atoms with Gasteiger partial charge in [0.1, 0.15) is 0 Å². The highest BCUT2D eigenvalue weighted by molar-refractivity contribution is 5.30. The predicted molar refractivity (Wildman–Crippen MR) is 64.7 cm³/mol. The zero-order valence-corrected chi connectivity index (χ0v) is 9.94. The summed E-state index contributed by atoms with van der Waals surface area (Å²) >= 11 is 0. The topological polar surface area (TPSA) is 46.9 Å². The molecular weight excluding hydrogens is 202 g/mol. The van der Waals surface area contributed by atoms with E-state index >= 15 is 0 Å². The van der Waals surface area contributed by atoms with Crippen molar-refractivity contribution in [2.24, 2.45) is 5.92 Å². The highest BCUT2D eigenvalue weighted by atomic mass is 16.1. The molecule has 0 bridgehead atoms. The Morgan fingerprint density at radius 3 is 2.94 bits per heavy atom. The summed E-state index contributed by atoms with van der Waals surface area (Å²) in [7, 11) is 0. The lowest BCUT2D eigenvalue weighted by Crippen LogP contribution is -2.26. The number of anilines is 1. The average Bonchev–Trinajstić information content (AvgIpc) is 3.04. The summed E-state index contributed by atoms with van der Waals surface area (Å²) in [6.45, 7) is 4.85. The van der Waals surface area contributed by atoms with Crippen LogP contribution in [0.25, 0.3) is 0 Å². The minimum absolute atomic E-state index is 0.0201. The number of nitrogens with zero attached hydrogens (tertiary/aromatic N) is 2.